The lowest BCUT2D eigenvalue weighted by Gasteiger charge is -2.32. The monoisotopic (exact) mass is 525 g/mol. The van der Waals surface area contributed by atoms with E-state index in [9.17, 15) is 14.4 Å². The molecule has 0 radical (unpaired) electrons. The average Bonchev–Trinajstić information content (AvgIpc) is 2.83. The number of nitrogens with zero attached hydrogens (tertiary/aromatic N) is 1. The van der Waals surface area contributed by atoms with Gasteiger partial charge in [0.25, 0.3) is 5.91 Å². The Labute approximate surface area is 227 Å². The molecule has 0 aromatic heterocycles. The van der Waals surface area contributed by atoms with Crippen LogP contribution in [0.4, 0.5) is 10.5 Å². The van der Waals surface area contributed by atoms with E-state index in [4.69, 9.17) is 9.47 Å². The summed E-state index contributed by atoms with van der Waals surface area (Å²) in [6.07, 6.45) is 3.07. The fraction of sp³-hybridized carbons (Fsp3) is 0.500. The number of aryl methyl sites for hydroxylation is 2. The lowest BCUT2D eigenvalue weighted by atomic mass is 9.98. The maximum absolute atomic E-state index is 13.8. The largest absolute Gasteiger partial charge is 0.497 e. The quantitative estimate of drug-likeness (QED) is 0.335. The Morgan fingerprint density at radius 3 is 2.13 bits per heavy atom. The van der Waals surface area contributed by atoms with E-state index in [1.807, 2.05) is 32.0 Å². The summed E-state index contributed by atoms with van der Waals surface area (Å²) >= 11 is 0. The average molecular weight is 526 g/mol. The highest BCUT2D eigenvalue weighted by molar-refractivity contribution is 5.98. The second-order valence-corrected chi connectivity index (χ2v) is 10.5. The summed E-state index contributed by atoms with van der Waals surface area (Å²) in [6, 6.07) is 12.0. The normalized spacial score (nSPS) is 11.9. The van der Waals surface area contributed by atoms with Gasteiger partial charge in [-0.2, -0.15) is 0 Å². The summed E-state index contributed by atoms with van der Waals surface area (Å²) in [5.41, 5.74) is 2.61. The van der Waals surface area contributed by atoms with Crippen LogP contribution in [0.1, 0.15) is 76.1 Å². The molecule has 38 heavy (non-hydrogen) atoms. The summed E-state index contributed by atoms with van der Waals surface area (Å²) in [7, 11) is 1.58. The number of benzene rings is 2. The van der Waals surface area contributed by atoms with Crippen LogP contribution in [0.3, 0.4) is 0 Å². The van der Waals surface area contributed by atoms with E-state index in [-0.39, 0.29) is 18.4 Å². The maximum atomic E-state index is 13.8. The van der Waals surface area contributed by atoms with Gasteiger partial charge in [0, 0.05) is 12.2 Å². The number of methoxy groups -OCH3 is 1. The Balaban J connectivity index is 2.40. The molecule has 8 nitrogen and oxygen atoms in total. The van der Waals surface area contributed by atoms with Crippen LogP contribution in [0, 0.1) is 13.8 Å². The Bertz CT molecular complexity index is 1060. The van der Waals surface area contributed by atoms with Gasteiger partial charge < -0.3 is 25.0 Å². The molecule has 2 aromatic carbocycles. The molecular formula is C30H43N3O5. The molecule has 8 heteroatoms. The first-order chi connectivity index (χ1) is 17.9. The predicted octanol–water partition coefficient (Wildman–Crippen LogP) is 5.93. The maximum Gasteiger partial charge on any atom is 0.408 e. The van der Waals surface area contributed by atoms with E-state index in [0.29, 0.717) is 18.0 Å². The number of amides is 3. The second kappa shape index (κ2) is 14.4. The number of carbonyl (C=O) groups is 3. The van der Waals surface area contributed by atoms with Gasteiger partial charge in [-0.15, -0.1) is 0 Å². The lowest BCUT2D eigenvalue weighted by molar-refractivity contribution is -0.138. The first kappa shape index (κ1) is 30.7. The zero-order valence-corrected chi connectivity index (χ0v) is 23.8. The topological polar surface area (TPSA) is 97.0 Å². The molecule has 2 rings (SSSR count). The predicted molar refractivity (Wildman–Crippen MR) is 150 cm³/mol. The number of hydrogen-bond acceptors (Lipinski definition) is 5. The van der Waals surface area contributed by atoms with Crippen LogP contribution in [-0.2, 0) is 14.3 Å². The van der Waals surface area contributed by atoms with Crippen LogP contribution in [0.2, 0.25) is 0 Å². The first-order valence-electron chi connectivity index (χ1n) is 13.2. The molecule has 0 aliphatic rings. The van der Waals surface area contributed by atoms with Crippen molar-refractivity contribution in [2.24, 2.45) is 0 Å². The summed E-state index contributed by atoms with van der Waals surface area (Å²) in [5, 5.41) is 5.52. The number of nitrogens with one attached hydrogen (secondary N) is 2. The number of alkyl carbamates (subject to hydrolysis) is 1. The van der Waals surface area contributed by atoms with Crippen molar-refractivity contribution in [1.29, 1.82) is 0 Å². The SMILES string of the molecule is CCCCCCN(C(=O)CNC(=O)OC(C)(C)C)C(C(=O)Nc1ccc(OC)cc1)c1cc(C)cc(C)c1. The van der Waals surface area contributed by atoms with Crippen LogP contribution >= 0.6 is 0 Å². The third kappa shape index (κ3) is 10.1. The van der Waals surface area contributed by atoms with Crippen molar-refractivity contribution in [3.63, 3.8) is 0 Å². The van der Waals surface area contributed by atoms with E-state index in [1.54, 1.807) is 57.0 Å². The van der Waals surface area contributed by atoms with E-state index in [2.05, 4.69) is 17.6 Å². The second-order valence-electron chi connectivity index (χ2n) is 10.5. The van der Waals surface area contributed by atoms with E-state index in [0.717, 1.165) is 42.4 Å². The minimum atomic E-state index is -0.884. The molecule has 2 N–H and O–H groups in total. The third-order valence-corrected chi connectivity index (χ3v) is 5.83. The lowest BCUT2D eigenvalue weighted by Crippen LogP contribution is -2.47. The van der Waals surface area contributed by atoms with Gasteiger partial charge in [-0.1, -0.05) is 55.5 Å². The summed E-state index contributed by atoms with van der Waals surface area (Å²) in [5.74, 6) is -0.0162. The van der Waals surface area contributed by atoms with Gasteiger partial charge in [0.15, 0.2) is 0 Å². The van der Waals surface area contributed by atoms with Gasteiger partial charge >= 0.3 is 6.09 Å². The molecule has 0 saturated heterocycles. The fourth-order valence-electron chi connectivity index (χ4n) is 4.20. The van der Waals surface area contributed by atoms with Crippen molar-refractivity contribution in [3.05, 3.63) is 59.2 Å². The molecule has 208 valence electrons. The van der Waals surface area contributed by atoms with Crippen molar-refractivity contribution in [2.75, 3.05) is 25.5 Å². The highest BCUT2D eigenvalue weighted by Crippen LogP contribution is 2.27. The van der Waals surface area contributed by atoms with Gasteiger partial charge in [0.2, 0.25) is 5.91 Å². The summed E-state index contributed by atoms with van der Waals surface area (Å²) in [6.45, 7) is 11.4. The molecule has 0 spiro atoms. The Morgan fingerprint density at radius 2 is 1.58 bits per heavy atom. The van der Waals surface area contributed by atoms with Crippen LogP contribution in [0.15, 0.2) is 42.5 Å². The minimum Gasteiger partial charge on any atom is -0.497 e. The highest BCUT2D eigenvalue weighted by atomic mass is 16.6. The number of hydrogen-bond donors (Lipinski definition) is 2. The molecule has 2 aromatic rings. The molecule has 0 saturated carbocycles. The van der Waals surface area contributed by atoms with E-state index >= 15 is 0 Å². The third-order valence-electron chi connectivity index (χ3n) is 5.83. The molecular weight excluding hydrogens is 482 g/mol. The molecule has 0 aliphatic carbocycles. The van der Waals surface area contributed by atoms with Crippen molar-refractivity contribution < 1.29 is 23.9 Å². The Kier molecular flexibility index (Phi) is 11.6. The molecule has 0 heterocycles. The Morgan fingerprint density at radius 1 is 0.947 bits per heavy atom. The van der Waals surface area contributed by atoms with Crippen molar-refractivity contribution in [3.8, 4) is 5.75 Å². The number of carbonyl (C=O) groups excluding carboxylic acids is 3. The smallest absolute Gasteiger partial charge is 0.408 e. The van der Waals surface area contributed by atoms with Crippen molar-refractivity contribution in [2.45, 2.75) is 78.9 Å². The summed E-state index contributed by atoms with van der Waals surface area (Å²) < 4.78 is 10.5. The number of unbranched alkanes of at least 4 members (excludes halogenated alkanes) is 3. The van der Waals surface area contributed by atoms with E-state index < -0.39 is 17.7 Å². The minimum absolute atomic E-state index is 0.278. The Hall–Kier alpha value is -3.55. The molecule has 3 amide bonds. The van der Waals surface area contributed by atoms with Crippen LogP contribution in [-0.4, -0.2) is 48.6 Å². The van der Waals surface area contributed by atoms with Crippen molar-refractivity contribution in [1.82, 2.24) is 10.2 Å². The molecule has 1 unspecified atom stereocenters. The standard InChI is InChI=1S/C30H43N3O5/c1-8-9-10-11-16-33(26(34)20-31-29(36)38-30(4,5)6)27(23-18-21(2)17-22(3)19-23)28(35)32-24-12-14-25(37-7)15-13-24/h12-15,17-19,27H,8-11,16,20H2,1-7H3,(H,31,36)(H,32,35). The van der Waals surface area contributed by atoms with Crippen molar-refractivity contribution >= 4 is 23.6 Å². The number of ether oxygens (including phenoxy) is 2. The van der Waals surface area contributed by atoms with Gasteiger partial charge in [-0.25, -0.2) is 4.79 Å². The van der Waals surface area contributed by atoms with Gasteiger partial charge in [-0.05, 0) is 70.9 Å². The van der Waals surface area contributed by atoms with Crippen LogP contribution in [0.5, 0.6) is 5.75 Å². The molecule has 1 atom stereocenters. The number of anilines is 1. The van der Waals surface area contributed by atoms with Gasteiger partial charge in [0.1, 0.15) is 23.9 Å². The first-order valence-corrected chi connectivity index (χ1v) is 13.2. The molecule has 0 aliphatic heterocycles. The zero-order valence-electron chi connectivity index (χ0n) is 23.8. The van der Waals surface area contributed by atoms with E-state index in [1.165, 1.54) is 0 Å². The molecule has 0 fully saturated rings. The highest BCUT2D eigenvalue weighted by Gasteiger charge is 2.32. The van der Waals surface area contributed by atoms with Crippen LogP contribution < -0.4 is 15.4 Å². The fourth-order valence-corrected chi connectivity index (χ4v) is 4.20. The number of rotatable bonds is 12. The van der Waals surface area contributed by atoms with Crippen LogP contribution in [0.25, 0.3) is 0 Å². The van der Waals surface area contributed by atoms with Gasteiger partial charge in [0.05, 0.1) is 7.11 Å². The van der Waals surface area contributed by atoms with Gasteiger partial charge in [-0.3, -0.25) is 9.59 Å². The summed E-state index contributed by atoms with van der Waals surface area (Å²) in [4.78, 5) is 41.2. The zero-order chi connectivity index (χ0) is 28.3. The molecule has 0 bridgehead atoms.